The normalized spacial score (nSPS) is 29.0. The molecule has 92 heavy (non-hydrogen) atoms. The summed E-state index contributed by atoms with van der Waals surface area (Å²) in [4.78, 5) is 87.6. The molecule has 0 aromatic heterocycles. The highest BCUT2D eigenvalue weighted by Gasteiger charge is 2.54. The second kappa shape index (κ2) is 44.6. The Hall–Kier alpha value is -4.07. The summed E-state index contributed by atoms with van der Waals surface area (Å²) in [5, 5.41) is 61.2. The van der Waals surface area contributed by atoms with E-state index in [0.717, 1.165) is 131 Å². The molecule has 18 unspecified atom stereocenters. The third kappa shape index (κ3) is 30.3. The lowest BCUT2D eigenvalue weighted by atomic mass is 9.99. The van der Waals surface area contributed by atoms with Crippen molar-refractivity contribution in [3.05, 3.63) is 0 Å². The Morgan fingerprint density at radius 1 is 0.446 bits per heavy atom. The van der Waals surface area contributed by atoms with E-state index < -0.39 is 167 Å². The summed E-state index contributed by atoms with van der Waals surface area (Å²) in [7, 11) is 4.15. The number of esters is 5. The highest BCUT2D eigenvalue weighted by atomic mass is 16.8. The van der Waals surface area contributed by atoms with Crippen molar-refractivity contribution in [2.24, 2.45) is 0 Å². The van der Waals surface area contributed by atoms with Gasteiger partial charge < -0.3 is 97.3 Å². The molecule has 6 N–H and O–H groups in total. The van der Waals surface area contributed by atoms with Gasteiger partial charge in [0.2, 0.25) is 5.91 Å². The van der Waals surface area contributed by atoms with Crippen molar-refractivity contribution in [2.75, 3.05) is 53.6 Å². The number of ether oxygens (including phenoxy) is 13. The second-order valence-electron chi connectivity index (χ2n) is 25.1. The fourth-order valence-corrected chi connectivity index (χ4v) is 11.7. The summed E-state index contributed by atoms with van der Waals surface area (Å²) < 4.78 is 75.4. The van der Waals surface area contributed by atoms with Crippen LogP contribution in [-0.4, -0.2) is 236 Å². The van der Waals surface area contributed by atoms with E-state index in [1.54, 1.807) is 0 Å². The zero-order chi connectivity index (χ0) is 67.5. The number of hydrogen-bond acceptors (Lipinski definition) is 26. The minimum Gasteiger partial charge on any atom is -0.456 e. The first-order chi connectivity index (χ1) is 44.0. The van der Waals surface area contributed by atoms with Gasteiger partial charge in [-0.05, 0) is 65.6 Å². The Labute approximate surface area is 543 Å². The van der Waals surface area contributed by atoms with Crippen molar-refractivity contribution in [1.29, 1.82) is 0 Å². The lowest BCUT2D eigenvalue weighted by Gasteiger charge is -2.47. The Kier molecular flexibility index (Phi) is 39.0. The number of nitrogens with one attached hydrogen (secondary N) is 1. The van der Waals surface area contributed by atoms with Crippen LogP contribution >= 0.6 is 0 Å². The Morgan fingerprint density at radius 3 is 1.46 bits per heavy atom. The second-order valence-corrected chi connectivity index (χ2v) is 25.1. The van der Waals surface area contributed by atoms with Crippen molar-refractivity contribution >= 4 is 41.5 Å². The van der Waals surface area contributed by atoms with Gasteiger partial charge in [0.15, 0.2) is 55.7 Å². The number of aliphatic hydroxyl groups excluding tert-OH is 5. The molecular weight excluding hydrogens is 1210 g/mol. The van der Waals surface area contributed by atoms with Crippen LogP contribution in [0, 0.1) is 0 Å². The minimum absolute atomic E-state index is 0.172. The van der Waals surface area contributed by atoms with Gasteiger partial charge in [-0.1, -0.05) is 110 Å². The van der Waals surface area contributed by atoms with Crippen molar-refractivity contribution in [3.63, 3.8) is 0 Å². The van der Waals surface area contributed by atoms with Gasteiger partial charge in [0.1, 0.15) is 48.5 Å². The smallest absolute Gasteiger partial charge is 0.303 e. The highest BCUT2D eigenvalue weighted by molar-refractivity contribution is 5.78. The van der Waals surface area contributed by atoms with Crippen molar-refractivity contribution in [2.45, 2.75) is 319 Å². The van der Waals surface area contributed by atoms with Gasteiger partial charge in [-0.25, -0.2) is 0 Å². The van der Waals surface area contributed by atoms with Crippen molar-refractivity contribution in [1.82, 2.24) is 10.2 Å². The molecule has 0 radical (unpaired) electrons. The van der Waals surface area contributed by atoms with Crippen molar-refractivity contribution < 1.29 is 121 Å². The third-order valence-corrected chi connectivity index (χ3v) is 16.6. The fraction of sp³-hybridized carbons (Fsp3) is 0.892. The average Bonchev–Trinajstić information content (AvgIpc) is 0.844. The monoisotopic (exact) mass is 1320 g/mol. The zero-order valence-corrected chi connectivity index (χ0v) is 55.9. The van der Waals surface area contributed by atoms with E-state index in [1.807, 2.05) is 6.92 Å². The molecule has 4 aliphatic rings. The predicted molar refractivity (Wildman–Crippen MR) is 329 cm³/mol. The van der Waals surface area contributed by atoms with Crippen LogP contribution in [0.25, 0.3) is 0 Å². The molecule has 4 heterocycles. The average molecular weight is 1320 g/mol. The number of carbonyl (C=O) groups is 7. The van der Waals surface area contributed by atoms with Crippen LogP contribution in [0.4, 0.5) is 0 Å². The zero-order valence-electron chi connectivity index (χ0n) is 55.9. The number of rotatable bonds is 45. The minimum atomic E-state index is -1.95. The maximum atomic E-state index is 12.7. The first kappa shape index (κ1) is 80.4. The lowest BCUT2D eigenvalue weighted by Crippen LogP contribution is -2.65. The Morgan fingerprint density at radius 2 is 0.902 bits per heavy atom. The van der Waals surface area contributed by atoms with E-state index in [9.17, 15) is 59.1 Å². The van der Waals surface area contributed by atoms with Crippen LogP contribution < -0.4 is 5.32 Å². The molecule has 532 valence electrons. The van der Waals surface area contributed by atoms with E-state index in [-0.39, 0.29) is 11.7 Å². The summed E-state index contributed by atoms with van der Waals surface area (Å²) in [6.07, 6.45) is -3.69. The van der Waals surface area contributed by atoms with E-state index in [1.165, 1.54) is 38.5 Å². The maximum absolute atomic E-state index is 12.7. The molecule has 0 bridgehead atoms. The van der Waals surface area contributed by atoms with Crippen molar-refractivity contribution in [3.8, 4) is 0 Å². The molecule has 1 amide bonds. The van der Waals surface area contributed by atoms with Crippen LogP contribution in [0.2, 0.25) is 0 Å². The summed E-state index contributed by atoms with van der Waals surface area (Å²) in [6.45, 7) is 7.49. The standard InChI is InChI=1S/C65H112N2O25/c1-9-10-33-49(47(74)32-26-21-18-20-25-31-46(73)30-24-19-16-14-12-11-13-15-17-22-27-34-53(76)66-35-28-23-29-36-67(7)8)89-64-60(92-63-56(79)58(86-43(4)70)51(39-82-63)84-41(2)68)57(48(75)37-80-64)91-62-55(78)54(77)50(38-81-62)90-65-61(88-45(6)72)59(87-44(5)71)52(40-83-65)85-42(3)69/h47-52,54-65,74-75,77-79H,9-40H2,1-8H3,(H,66,76). The third-order valence-electron chi connectivity index (χ3n) is 16.6. The molecule has 18 atom stereocenters. The van der Waals surface area contributed by atoms with Gasteiger partial charge in [0.05, 0.1) is 38.6 Å². The Bertz CT molecular complexity index is 2140. The highest BCUT2D eigenvalue weighted by Crippen LogP contribution is 2.35. The number of carbonyl (C=O) groups excluding carboxylic acids is 7. The quantitative estimate of drug-likeness (QED) is 0.0270. The first-order valence-electron chi connectivity index (χ1n) is 33.8. The Balaban J connectivity index is 1.28. The number of aliphatic hydroxyl groups is 5. The molecular formula is C65H112N2O25. The summed E-state index contributed by atoms with van der Waals surface area (Å²) >= 11 is 0. The number of ketones is 1. The first-order valence-corrected chi connectivity index (χ1v) is 33.8. The molecule has 0 spiro atoms. The van der Waals surface area contributed by atoms with Crippen LogP contribution in [0.15, 0.2) is 0 Å². The molecule has 27 heteroatoms. The van der Waals surface area contributed by atoms with Crippen LogP contribution in [0.5, 0.6) is 0 Å². The molecule has 4 fully saturated rings. The predicted octanol–water partition coefficient (Wildman–Crippen LogP) is 4.82. The fourth-order valence-electron chi connectivity index (χ4n) is 11.7. The van der Waals surface area contributed by atoms with E-state index in [2.05, 4.69) is 24.3 Å². The maximum Gasteiger partial charge on any atom is 0.303 e. The number of amides is 1. The molecule has 4 aliphatic heterocycles. The van der Waals surface area contributed by atoms with Gasteiger partial charge in [0, 0.05) is 60.4 Å². The summed E-state index contributed by atoms with van der Waals surface area (Å²) in [5.74, 6) is -3.53. The molecule has 0 aliphatic carbocycles. The van der Waals surface area contributed by atoms with E-state index in [0.29, 0.717) is 44.9 Å². The number of hydrogen-bond donors (Lipinski definition) is 6. The number of nitrogens with zero attached hydrogens (tertiary/aromatic N) is 1. The van der Waals surface area contributed by atoms with Gasteiger partial charge >= 0.3 is 29.8 Å². The molecule has 4 saturated heterocycles. The van der Waals surface area contributed by atoms with Gasteiger partial charge in [0.25, 0.3) is 0 Å². The number of Topliss-reactive ketones (excluding diaryl/α,β-unsaturated/α-hetero) is 1. The molecule has 0 saturated carbocycles. The summed E-state index contributed by atoms with van der Waals surface area (Å²) in [5.41, 5.74) is 0. The van der Waals surface area contributed by atoms with E-state index in [4.69, 9.17) is 61.6 Å². The van der Waals surface area contributed by atoms with Crippen LogP contribution in [0.3, 0.4) is 0 Å². The molecule has 0 aromatic rings. The van der Waals surface area contributed by atoms with E-state index >= 15 is 0 Å². The number of unbranched alkanes of at least 4 members (excludes halogenated alkanes) is 17. The molecule has 27 nitrogen and oxygen atoms in total. The largest absolute Gasteiger partial charge is 0.456 e. The lowest BCUT2D eigenvalue weighted by molar-refractivity contribution is -0.379. The van der Waals surface area contributed by atoms with Crippen LogP contribution in [-0.2, 0) is 95.1 Å². The van der Waals surface area contributed by atoms with Gasteiger partial charge in [-0.15, -0.1) is 0 Å². The van der Waals surface area contributed by atoms with Gasteiger partial charge in [-0.3, -0.25) is 33.6 Å². The van der Waals surface area contributed by atoms with Gasteiger partial charge in [-0.2, -0.15) is 0 Å². The topological polar surface area (TPSA) is 356 Å². The SMILES string of the molecule is CCCCC(OC1OCC(O)C(OC2OCC(OC3OCC(OC(C)=O)C(OC(C)=O)C3OC(C)=O)C(O)C2O)C1OC1OCC(OC(C)=O)C(OC(C)=O)C1O)C(O)CCCCCCCC(=O)CCCCCCCCCCCCCC(=O)NCCCCCN(C)C. The summed E-state index contributed by atoms with van der Waals surface area (Å²) in [6, 6.07) is 0. The molecule has 0 aromatic carbocycles. The van der Waals surface area contributed by atoms with Crippen LogP contribution in [0.1, 0.15) is 208 Å². The molecule has 4 rings (SSSR count).